The molecule has 0 saturated heterocycles. The molecule has 0 nitrogen and oxygen atoms in total. The van der Waals surface area contributed by atoms with E-state index in [1.165, 1.54) is 128 Å². The van der Waals surface area contributed by atoms with Gasteiger partial charge in [-0.15, -0.1) is 56.4 Å². The Hall–Kier alpha value is 1.86. The van der Waals surface area contributed by atoms with Gasteiger partial charge in [0, 0.05) is 23.9 Å². The molecule has 0 aliphatic rings. The normalized spacial score (nSPS) is 10.1. The van der Waals surface area contributed by atoms with Gasteiger partial charge in [-0.2, -0.15) is 25.7 Å². The molecule has 0 rings (SSSR count). The summed E-state index contributed by atoms with van der Waals surface area (Å²) >= 11 is 5.82. The van der Waals surface area contributed by atoms with Crippen molar-refractivity contribution < 1.29 is 55.7 Å². The molecular formula is C52H110ClP2V3-. The van der Waals surface area contributed by atoms with Crippen LogP contribution in [0.15, 0.2) is 50.1 Å². The van der Waals surface area contributed by atoms with Crippen LogP contribution in [0.4, 0.5) is 0 Å². The van der Waals surface area contributed by atoms with Crippen LogP contribution < -0.4 is 0 Å². The maximum Gasteiger partial charge on any atom is 2.00 e. The van der Waals surface area contributed by atoms with Crippen LogP contribution in [0.3, 0.4) is 0 Å². The van der Waals surface area contributed by atoms with Gasteiger partial charge in [-0.25, -0.2) is 0 Å². The zero-order valence-corrected chi connectivity index (χ0v) is 48.8. The Morgan fingerprint density at radius 1 is 0.552 bits per heavy atom. The number of alkyl halides is 1. The minimum atomic E-state index is 0. The van der Waals surface area contributed by atoms with E-state index < -0.39 is 0 Å². The molecule has 6 heteroatoms. The van der Waals surface area contributed by atoms with Gasteiger partial charge < -0.3 is 35.1 Å². The van der Waals surface area contributed by atoms with Gasteiger partial charge >= 0.3 is 37.1 Å². The van der Waals surface area contributed by atoms with Crippen molar-refractivity contribution in [2.75, 3.05) is 13.3 Å². The van der Waals surface area contributed by atoms with Crippen LogP contribution in [0, 0.1) is 47.0 Å². The van der Waals surface area contributed by atoms with E-state index >= 15 is 0 Å². The number of unbranched alkanes of at least 4 members (excludes halogenated alkanes) is 14. The van der Waals surface area contributed by atoms with Crippen molar-refractivity contribution in [3.8, 4) is 0 Å². The molecule has 0 amide bonds. The van der Waals surface area contributed by atoms with Crippen molar-refractivity contribution in [2.24, 2.45) is 11.8 Å². The van der Waals surface area contributed by atoms with Gasteiger partial charge in [0.2, 0.25) is 0 Å². The van der Waals surface area contributed by atoms with Crippen molar-refractivity contribution in [1.29, 1.82) is 0 Å². The minimum absolute atomic E-state index is 0. The van der Waals surface area contributed by atoms with Crippen molar-refractivity contribution in [3.05, 3.63) is 85.2 Å². The van der Waals surface area contributed by atoms with Crippen LogP contribution in [0.25, 0.3) is 0 Å². The predicted octanol–water partition coefficient (Wildman–Crippen LogP) is 20.3. The Labute approximate surface area is 420 Å². The molecule has 0 aliphatic carbocycles. The van der Waals surface area contributed by atoms with Gasteiger partial charge in [-0.3, -0.25) is 0 Å². The number of halogens is 1. The molecule has 3 radical (unpaired) electrons. The van der Waals surface area contributed by atoms with Crippen LogP contribution >= 0.6 is 30.1 Å². The third-order valence-electron chi connectivity index (χ3n) is 8.43. The number of allylic oxidation sites excluding steroid dienone is 4. The summed E-state index contributed by atoms with van der Waals surface area (Å²) in [5.74, 6) is 1.80. The Balaban J connectivity index is -0.0000000433. The summed E-state index contributed by atoms with van der Waals surface area (Å²) in [6.45, 7) is 49.3. The van der Waals surface area contributed by atoms with E-state index in [1.807, 2.05) is 38.5 Å². The average Bonchev–Trinajstić information content (AvgIpc) is 3.20. The number of hydrogen-bond acceptors (Lipinski definition) is 0. The summed E-state index contributed by atoms with van der Waals surface area (Å²) in [4.78, 5) is 0. The fraction of sp³-hybridized carbons (Fsp3) is 0.750. The first-order valence-corrected chi connectivity index (χ1v) is 25.3. The zero-order valence-electron chi connectivity index (χ0n) is 41.6. The summed E-state index contributed by atoms with van der Waals surface area (Å²) in [7, 11) is 4.83. The summed E-state index contributed by atoms with van der Waals surface area (Å²) in [5.41, 5.74) is 1.24. The average molecular weight is 986 g/mol. The Bertz CT molecular complexity index is 587. The Morgan fingerprint density at radius 2 is 0.914 bits per heavy atom. The molecule has 0 spiro atoms. The topological polar surface area (TPSA) is 0 Å². The summed E-state index contributed by atoms with van der Waals surface area (Å²) in [5, 5.41) is 0.386. The summed E-state index contributed by atoms with van der Waals surface area (Å²) in [6, 6.07) is 0. The first kappa shape index (κ1) is 90.5. The van der Waals surface area contributed by atoms with Crippen LogP contribution in [-0.2, 0) is 55.7 Å². The maximum absolute atomic E-state index is 5.82. The van der Waals surface area contributed by atoms with Crippen LogP contribution in [-0.4, -0.2) is 18.7 Å². The molecule has 0 aliphatic heterocycles. The van der Waals surface area contributed by atoms with Gasteiger partial charge in [0.25, 0.3) is 0 Å². The Morgan fingerprint density at radius 3 is 1.21 bits per heavy atom. The second-order valence-corrected chi connectivity index (χ2v) is 14.4. The molecule has 0 bridgehead atoms. The molecular weight excluding hydrogens is 875 g/mol. The van der Waals surface area contributed by atoms with Crippen LogP contribution in [0.1, 0.15) is 222 Å². The Kier molecular flexibility index (Phi) is 160. The van der Waals surface area contributed by atoms with Crippen molar-refractivity contribution in [3.63, 3.8) is 0 Å². The maximum atomic E-state index is 5.82. The molecule has 58 heavy (non-hydrogen) atoms. The predicted molar refractivity (Wildman–Crippen MR) is 280 cm³/mol. The number of rotatable bonds is 28. The first-order valence-electron chi connectivity index (χ1n) is 22.5. The molecule has 0 saturated carbocycles. The van der Waals surface area contributed by atoms with Crippen molar-refractivity contribution in [1.82, 2.24) is 0 Å². The fourth-order valence-corrected chi connectivity index (χ4v) is 4.94. The van der Waals surface area contributed by atoms with E-state index in [0.29, 0.717) is 5.38 Å². The van der Waals surface area contributed by atoms with Gasteiger partial charge in [-0.05, 0) is 70.1 Å². The zero-order chi connectivity index (χ0) is 43.5. The standard InChI is InChI=1S/C14H27.C7H14Cl.C7H12.2C7H15.C7H14.2CH5P.CH3.3V/c1-5-8-10-11-13(4)14(7-3)12-9-6-2;1-3-5-6-7(8)4-2;1-4-5-6-7(2)3;3*1-3-5-7-6-4-2;2*1-2;;;;/h5,13-14H,1-2,6-12H2,3-4H3;7H,1,3-6H2,2H3;4H,1-2,5-6H2,3H3;2*1,3-7H2,2H3;3H,1,4-7H2,2H3;2*2H2,1H3;1H3;;;/q2*-1;;2*-1;;;;-1;;2*+2. The molecule has 0 aromatic carbocycles. The first-order chi connectivity index (χ1) is 26.1. The van der Waals surface area contributed by atoms with Crippen molar-refractivity contribution in [2.45, 2.75) is 227 Å². The SMILES string of the molecule is C=CCCC(=C)C.C=CCCCC(C)C(CC)CCC[CH2-].C=CCCCCC.CP.CP.[CH2-]CCCC(Cl)CC.[CH2-]CCCCCC.[CH2-]CCCCCC.[CH3-].[V+2].[V+2].[V]. The largest absolute Gasteiger partial charge is 2.00 e. The molecule has 0 fully saturated rings. The van der Waals surface area contributed by atoms with E-state index in [4.69, 9.17) is 11.6 Å². The second-order valence-electron chi connectivity index (χ2n) is 13.8. The molecule has 0 aromatic rings. The van der Waals surface area contributed by atoms with Gasteiger partial charge in [0.05, 0.1) is 0 Å². The number of hydrogen-bond donors (Lipinski definition) is 0. The van der Waals surface area contributed by atoms with E-state index in [1.54, 1.807) is 0 Å². The van der Waals surface area contributed by atoms with Gasteiger partial charge in [0.1, 0.15) is 0 Å². The summed E-state index contributed by atoms with van der Waals surface area (Å²) in [6.07, 6.45) is 39.6. The third-order valence-corrected chi connectivity index (χ3v) is 8.95. The monoisotopic (exact) mass is 985 g/mol. The molecule has 351 valence electrons. The van der Waals surface area contributed by atoms with Gasteiger partial charge in [-0.1, -0.05) is 175 Å². The second kappa shape index (κ2) is 102. The van der Waals surface area contributed by atoms with Crippen LogP contribution in [0.5, 0.6) is 0 Å². The van der Waals surface area contributed by atoms with E-state index in [0.717, 1.165) is 63.2 Å². The summed E-state index contributed by atoms with van der Waals surface area (Å²) < 4.78 is 0. The molecule has 0 aromatic heterocycles. The quantitative estimate of drug-likeness (QED) is 0.0241. The van der Waals surface area contributed by atoms with E-state index in [2.05, 4.69) is 114 Å². The van der Waals surface area contributed by atoms with E-state index in [-0.39, 0.29) is 63.1 Å². The third kappa shape index (κ3) is 124. The fourth-order valence-electron chi connectivity index (χ4n) is 4.78. The van der Waals surface area contributed by atoms with Crippen molar-refractivity contribution >= 4 is 30.1 Å². The molecule has 0 heterocycles. The van der Waals surface area contributed by atoms with Gasteiger partial charge in [0.15, 0.2) is 0 Å². The smallest absolute Gasteiger partial charge is 0.358 e. The van der Waals surface area contributed by atoms with Crippen LogP contribution in [0.2, 0.25) is 0 Å². The minimum Gasteiger partial charge on any atom is -0.358 e. The molecule has 0 N–H and O–H groups in total. The molecule has 5 unspecified atom stereocenters. The van der Waals surface area contributed by atoms with E-state index in [9.17, 15) is 0 Å². The molecule has 5 atom stereocenters.